The highest BCUT2D eigenvalue weighted by molar-refractivity contribution is 7.47. The van der Waals surface area contributed by atoms with Gasteiger partial charge in [0.25, 0.3) is 0 Å². The van der Waals surface area contributed by atoms with E-state index in [1.54, 1.807) is 6.92 Å². The maximum absolute atomic E-state index is 12.0. The van der Waals surface area contributed by atoms with Gasteiger partial charge in [-0.2, -0.15) is 5.06 Å². The molecule has 2 rings (SSSR count). The van der Waals surface area contributed by atoms with E-state index in [-0.39, 0.29) is 29.7 Å². The zero-order chi connectivity index (χ0) is 22.6. The molecule has 30 heavy (non-hydrogen) atoms. The Bertz CT molecular complexity index is 774. The number of phosphoric ester groups is 1. The zero-order valence-corrected chi connectivity index (χ0v) is 20.2. The number of piperidine rings is 1. The second-order valence-electron chi connectivity index (χ2n) is 8.46. The number of hydroxylamine groups is 2. The third kappa shape index (κ3) is 5.32. The van der Waals surface area contributed by atoms with E-state index in [9.17, 15) is 9.46 Å². The summed E-state index contributed by atoms with van der Waals surface area (Å²) in [4.78, 5) is 16.4. The van der Waals surface area contributed by atoms with Gasteiger partial charge in [-0.1, -0.05) is 56.3 Å². The van der Waals surface area contributed by atoms with Crippen molar-refractivity contribution in [2.24, 2.45) is 11.1 Å². The van der Waals surface area contributed by atoms with Crippen molar-refractivity contribution < 1.29 is 23.4 Å². The molecule has 170 valence electrons. The number of phosphoric acid groups is 1. The van der Waals surface area contributed by atoms with E-state index < -0.39 is 7.82 Å². The van der Waals surface area contributed by atoms with Crippen LogP contribution in [0.3, 0.4) is 0 Å². The lowest BCUT2D eigenvalue weighted by Crippen LogP contribution is -2.66. The fraction of sp³-hybridized carbons (Fsp3) is 0.682. The Morgan fingerprint density at radius 2 is 1.87 bits per heavy atom. The van der Waals surface area contributed by atoms with Crippen molar-refractivity contribution in [3.8, 4) is 0 Å². The highest BCUT2D eigenvalue weighted by Crippen LogP contribution is 2.48. The van der Waals surface area contributed by atoms with Crippen LogP contribution in [0.15, 0.2) is 35.5 Å². The summed E-state index contributed by atoms with van der Waals surface area (Å²) in [7, 11) is -4.20. The van der Waals surface area contributed by atoms with Gasteiger partial charge < -0.3 is 0 Å². The minimum atomic E-state index is -4.20. The van der Waals surface area contributed by atoms with E-state index in [1.165, 1.54) is 0 Å². The van der Waals surface area contributed by atoms with Crippen LogP contribution < -0.4 is 0 Å². The molecule has 1 aliphatic heterocycles. The monoisotopic (exact) mass is 440 g/mol. The van der Waals surface area contributed by atoms with E-state index in [4.69, 9.17) is 14.0 Å². The lowest BCUT2D eigenvalue weighted by Gasteiger charge is -2.57. The lowest BCUT2D eigenvalue weighted by molar-refractivity contribution is -0.310. The largest absolute Gasteiger partial charge is 0.547 e. The van der Waals surface area contributed by atoms with Crippen molar-refractivity contribution in [2.75, 3.05) is 6.61 Å². The highest BCUT2D eigenvalue weighted by atomic mass is 31.2. The molecule has 1 aliphatic rings. The van der Waals surface area contributed by atoms with E-state index in [2.05, 4.69) is 63.9 Å². The van der Waals surface area contributed by atoms with E-state index in [0.717, 1.165) is 24.1 Å². The first kappa shape index (κ1) is 25.0. The Balaban J connectivity index is 2.37. The van der Waals surface area contributed by atoms with Gasteiger partial charge in [-0.25, -0.2) is 4.57 Å². The average molecular weight is 441 g/mol. The van der Waals surface area contributed by atoms with Crippen molar-refractivity contribution in [2.45, 2.75) is 84.9 Å². The molecule has 0 radical (unpaired) electrons. The molecule has 5 unspecified atom stereocenters. The molecule has 7 nitrogen and oxygen atoms in total. The van der Waals surface area contributed by atoms with Gasteiger partial charge in [-0.15, -0.1) is 0 Å². The maximum atomic E-state index is 12.0. The van der Waals surface area contributed by atoms with Crippen LogP contribution in [0.5, 0.6) is 0 Å². The van der Waals surface area contributed by atoms with Crippen LogP contribution in [0.25, 0.3) is 0 Å². The van der Waals surface area contributed by atoms with Gasteiger partial charge in [0.15, 0.2) is 0 Å². The number of nitrogens with zero attached hydrogens (tertiary/aromatic N) is 2. The van der Waals surface area contributed by atoms with Gasteiger partial charge in [0, 0.05) is 17.9 Å². The van der Waals surface area contributed by atoms with Crippen LogP contribution in [0, 0.1) is 5.92 Å². The summed E-state index contributed by atoms with van der Waals surface area (Å²) in [5, 5.41) is 6.25. The quantitative estimate of drug-likeness (QED) is 0.382. The number of oxime groups is 1. The van der Waals surface area contributed by atoms with Gasteiger partial charge in [0.1, 0.15) is 6.10 Å². The number of rotatable bonds is 9. The molecule has 0 aromatic heterocycles. The summed E-state index contributed by atoms with van der Waals surface area (Å²) in [5.74, 6) is -0.0493. The predicted molar refractivity (Wildman–Crippen MR) is 119 cm³/mol. The van der Waals surface area contributed by atoms with Crippen molar-refractivity contribution in [3.05, 3.63) is 35.9 Å². The van der Waals surface area contributed by atoms with Crippen LogP contribution in [0.2, 0.25) is 0 Å². The Morgan fingerprint density at radius 3 is 2.40 bits per heavy atom. The first-order chi connectivity index (χ1) is 14.0. The minimum Gasteiger partial charge on any atom is -0.292 e. The van der Waals surface area contributed by atoms with E-state index in [0.29, 0.717) is 6.42 Å². The highest BCUT2D eigenvalue weighted by Gasteiger charge is 2.53. The van der Waals surface area contributed by atoms with Crippen molar-refractivity contribution in [1.29, 1.82) is 0 Å². The smallest absolute Gasteiger partial charge is 0.292 e. The summed E-state index contributed by atoms with van der Waals surface area (Å²) < 4.78 is 21.7. The fourth-order valence-corrected chi connectivity index (χ4v) is 4.66. The second kappa shape index (κ2) is 9.92. The number of hydrogen-bond donors (Lipinski definition) is 1. The Kier molecular flexibility index (Phi) is 8.28. The lowest BCUT2D eigenvalue weighted by atomic mass is 9.70. The predicted octanol–water partition coefficient (Wildman–Crippen LogP) is 5.87. The number of hydrogen-bond acceptors (Lipinski definition) is 6. The van der Waals surface area contributed by atoms with Crippen LogP contribution in [0.1, 0.15) is 79.4 Å². The third-order valence-electron chi connectivity index (χ3n) is 6.51. The standard InChI is InChI=1S/C22H37N2O5P/c1-8-21(6)16-20(23-29-30(25,26)27-10-3)17(4)22(7,9-2)24(21)28-18(5)19-14-12-11-13-15-19/h11-15,17-18H,8-10,16H2,1-7H3,(H,25,26)/b23-20-. The summed E-state index contributed by atoms with van der Waals surface area (Å²) in [5.41, 5.74) is 1.13. The summed E-state index contributed by atoms with van der Waals surface area (Å²) in [6, 6.07) is 10.2. The SMILES string of the molecule is CCOP(=O)(O)O/N=C1/CC(C)(CC)N(OC(C)c2ccccc2)C(C)(CC)C1C. The van der Waals surface area contributed by atoms with Gasteiger partial charge in [0.05, 0.1) is 17.9 Å². The zero-order valence-electron chi connectivity index (χ0n) is 19.3. The maximum Gasteiger partial charge on any atom is 0.547 e. The van der Waals surface area contributed by atoms with Crippen LogP contribution in [0.4, 0.5) is 0 Å². The molecule has 1 heterocycles. The normalized spacial score (nSPS) is 32.0. The Morgan fingerprint density at radius 1 is 1.23 bits per heavy atom. The molecular weight excluding hydrogens is 403 g/mol. The van der Waals surface area contributed by atoms with Gasteiger partial charge in [-0.05, 0) is 46.1 Å². The summed E-state index contributed by atoms with van der Waals surface area (Å²) in [6.07, 6.45) is 2.08. The molecule has 1 N–H and O–H groups in total. The number of benzene rings is 1. The van der Waals surface area contributed by atoms with Gasteiger partial charge in [0.2, 0.25) is 0 Å². The average Bonchev–Trinajstić information content (AvgIpc) is 2.73. The molecule has 1 aromatic rings. The Hall–Kier alpha value is -1.24. The topological polar surface area (TPSA) is 80.6 Å². The summed E-state index contributed by atoms with van der Waals surface area (Å²) >= 11 is 0. The molecule has 0 saturated carbocycles. The van der Waals surface area contributed by atoms with Crippen LogP contribution in [-0.2, 0) is 18.6 Å². The first-order valence-electron chi connectivity index (χ1n) is 10.8. The van der Waals surface area contributed by atoms with Gasteiger partial charge >= 0.3 is 7.82 Å². The van der Waals surface area contributed by atoms with Gasteiger partial charge in [-0.3, -0.25) is 18.9 Å². The molecule has 1 fully saturated rings. The molecule has 1 saturated heterocycles. The van der Waals surface area contributed by atoms with Crippen LogP contribution in [-0.4, -0.2) is 33.4 Å². The molecule has 8 heteroatoms. The fourth-order valence-electron chi connectivity index (χ4n) is 4.08. The summed E-state index contributed by atoms with van der Waals surface area (Å²) in [6.45, 7) is 14.4. The minimum absolute atomic E-state index is 0.0493. The van der Waals surface area contributed by atoms with Crippen molar-refractivity contribution in [3.63, 3.8) is 0 Å². The third-order valence-corrected chi connectivity index (χ3v) is 7.38. The molecular formula is C22H37N2O5P. The van der Waals surface area contributed by atoms with E-state index in [1.807, 2.05) is 18.2 Å². The molecule has 0 spiro atoms. The Labute approximate surface area is 181 Å². The molecule has 5 atom stereocenters. The second-order valence-corrected chi connectivity index (χ2v) is 9.82. The van der Waals surface area contributed by atoms with E-state index >= 15 is 0 Å². The molecule has 0 aliphatic carbocycles. The first-order valence-corrected chi connectivity index (χ1v) is 12.3. The molecule has 0 amide bonds. The van der Waals surface area contributed by atoms with Crippen LogP contribution >= 0.6 is 7.82 Å². The van der Waals surface area contributed by atoms with Crippen molar-refractivity contribution in [1.82, 2.24) is 5.06 Å². The van der Waals surface area contributed by atoms with Crippen molar-refractivity contribution >= 4 is 13.5 Å². The molecule has 0 bridgehead atoms. The molecule has 1 aromatic carbocycles.